The summed E-state index contributed by atoms with van der Waals surface area (Å²) in [6.07, 6.45) is 1.95. The molecule has 0 aliphatic carbocycles. The van der Waals surface area contributed by atoms with Crippen LogP contribution in [0.4, 0.5) is 0 Å². The van der Waals surface area contributed by atoms with Crippen molar-refractivity contribution >= 4 is 0 Å². The van der Waals surface area contributed by atoms with E-state index in [1.165, 1.54) is 22.4 Å². The standard InChI is InChI=1S/C17H25N3/c1-12(2)16-8-6-15(7-9-16)10-18-13(3)17-11-19-20(5)14(17)4/h6-9,11-13,18H,10H2,1-5H3. The number of nitrogens with one attached hydrogen (secondary N) is 1. The molecule has 0 saturated heterocycles. The van der Waals surface area contributed by atoms with Crippen molar-refractivity contribution in [3.63, 3.8) is 0 Å². The maximum absolute atomic E-state index is 4.30. The van der Waals surface area contributed by atoms with Gasteiger partial charge >= 0.3 is 0 Å². The van der Waals surface area contributed by atoms with Crippen LogP contribution in [0.3, 0.4) is 0 Å². The molecule has 0 saturated carbocycles. The average molecular weight is 271 g/mol. The molecule has 1 heterocycles. The fourth-order valence-electron chi connectivity index (χ4n) is 2.34. The van der Waals surface area contributed by atoms with Gasteiger partial charge in [0.15, 0.2) is 0 Å². The van der Waals surface area contributed by atoms with Crippen molar-refractivity contribution < 1.29 is 0 Å². The lowest BCUT2D eigenvalue weighted by Gasteiger charge is -2.14. The van der Waals surface area contributed by atoms with E-state index >= 15 is 0 Å². The number of hydrogen-bond acceptors (Lipinski definition) is 2. The molecule has 20 heavy (non-hydrogen) atoms. The third kappa shape index (κ3) is 3.28. The van der Waals surface area contributed by atoms with Crippen molar-refractivity contribution in [1.29, 1.82) is 0 Å². The van der Waals surface area contributed by atoms with Crippen LogP contribution in [-0.4, -0.2) is 9.78 Å². The minimum atomic E-state index is 0.313. The molecule has 3 nitrogen and oxygen atoms in total. The van der Waals surface area contributed by atoms with Gasteiger partial charge in [0.05, 0.1) is 6.20 Å². The molecule has 0 bridgehead atoms. The average Bonchev–Trinajstić information content (AvgIpc) is 2.77. The Hall–Kier alpha value is -1.61. The number of benzene rings is 1. The lowest BCUT2D eigenvalue weighted by atomic mass is 10.0. The van der Waals surface area contributed by atoms with Gasteiger partial charge < -0.3 is 5.32 Å². The highest BCUT2D eigenvalue weighted by molar-refractivity contribution is 5.25. The van der Waals surface area contributed by atoms with Crippen molar-refractivity contribution in [2.75, 3.05) is 0 Å². The van der Waals surface area contributed by atoms with Crippen LogP contribution >= 0.6 is 0 Å². The van der Waals surface area contributed by atoms with Crippen molar-refractivity contribution in [3.05, 3.63) is 52.8 Å². The molecule has 1 aromatic carbocycles. The largest absolute Gasteiger partial charge is 0.306 e. The molecule has 0 radical (unpaired) electrons. The molecule has 3 heteroatoms. The summed E-state index contributed by atoms with van der Waals surface area (Å²) in [5.74, 6) is 0.592. The number of aryl methyl sites for hydroxylation is 1. The molecule has 108 valence electrons. The van der Waals surface area contributed by atoms with E-state index in [1.54, 1.807) is 0 Å². The van der Waals surface area contributed by atoms with Gasteiger partial charge in [-0.2, -0.15) is 5.10 Å². The van der Waals surface area contributed by atoms with Gasteiger partial charge in [0.25, 0.3) is 0 Å². The number of rotatable bonds is 5. The predicted molar refractivity (Wildman–Crippen MR) is 83.7 cm³/mol. The molecule has 0 spiro atoms. The third-order valence-corrected chi connectivity index (χ3v) is 4.00. The van der Waals surface area contributed by atoms with E-state index in [-0.39, 0.29) is 0 Å². The zero-order valence-corrected chi connectivity index (χ0v) is 13.1. The second kappa shape index (κ2) is 6.23. The van der Waals surface area contributed by atoms with E-state index < -0.39 is 0 Å². The third-order valence-electron chi connectivity index (χ3n) is 4.00. The summed E-state index contributed by atoms with van der Waals surface area (Å²) in [7, 11) is 1.98. The Bertz CT molecular complexity index is 552. The van der Waals surface area contributed by atoms with Crippen molar-refractivity contribution in [1.82, 2.24) is 15.1 Å². The maximum Gasteiger partial charge on any atom is 0.0540 e. The molecular weight excluding hydrogens is 246 g/mol. The van der Waals surface area contributed by atoms with Gasteiger partial charge in [-0.25, -0.2) is 0 Å². The van der Waals surface area contributed by atoms with Crippen molar-refractivity contribution in [3.8, 4) is 0 Å². The second-order valence-electron chi connectivity index (χ2n) is 5.81. The second-order valence-corrected chi connectivity index (χ2v) is 5.81. The summed E-state index contributed by atoms with van der Waals surface area (Å²) in [5, 5.41) is 7.86. The van der Waals surface area contributed by atoms with Crippen LogP contribution in [0.1, 0.15) is 55.1 Å². The lowest BCUT2D eigenvalue weighted by molar-refractivity contribution is 0.570. The molecule has 0 amide bonds. The molecule has 2 rings (SSSR count). The molecule has 0 fully saturated rings. The molecule has 0 aliphatic heterocycles. The Balaban J connectivity index is 1.96. The predicted octanol–water partition coefficient (Wildman–Crippen LogP) is 3.70. The summed E-state index contributed by atoms with van der Waals surface area (Å²) in [4.78, 5) is 0. The summed E-state index contributed by atoms with van der Waals surface area (Å²) < 4.78 is 1.92. The molecule has 1 N–H and O–H groups in total. The van der Waals surface area contributed by atoms with E-state index in [0.29, 0.717) is 12.0 Å². The molecule has 2 aromatic rings. The van der Waals surface area contributed by atoms with E-state index in [9.17, 15) is 0 Å². The molecule has 1 aromatic heterocycles. The molecule has 0 aliphatic rings. The Morgan fingerprint density at radius 1 is 1.15 bits per heavy atom. The monoisotopic (exact) mass is 271 g/mol. The van der Waals surface area contributed by atoms with E-state index in [1.807, 2.05) is 17.9 Å². The minimum Gasteiger partial charge on any atom is -0.306 e. The van der Waals surface area contributed by atoms with Gasteiger partial charge in [0, 0.05) is 30.9 Å². The molecule has 1 unspecified atom stereocenters. The highest BCUT2D eigenvalue weighted by Gasteiger charge is 2.11. The minimum absolute atomic E-state index is 0.313. The van der Waals surface area contributed by atoms with E-state index in [0.717, 1.165) is 6.54 Å². The zero-order chi connectivity index (χ0) is 14.7. The van der Waals surface area contributed by atoms with E-state index in [2.05, 4.69) is 62.4 Å². The Kier molecular flexibility index (Phi) is 4.61. The van der Waals surface area contributed by atoms with Crippen molar-refractivity contribution in [2.24, 2.45) is 7.05 Å². The highest BCUT2D eigenvalue weighted by atomic mass is 15.3. The number of nitrogens with zero attached hydrogens (tertiary/aromatic N) is 2. The quantitative estimate of drug-likeness (QED) is 0.898. The first-order chi connectivity index (χ1) is 9.49. The van der Waals surface area contributed by atoms with Gasteiger partial charge in [-0.1, -0.05) is 38.1 Å². The van der Waals surface area contributed by atoms with Gasteiger partial charge in [-0.15, -0.1) is 0 Å². The topological polar surface area (TPSA) is 29.9 Å². The van der Waals surface area contributed by atoms with Crippen LogP contribution in [-0.2, 0) is 13.6 Å². The molecular formula is C17H25N3. The van der Waals surface area contributed by atoms with Crippen LogP contribution in [0.2, 0.25) is 0 Å². The smallest absolute Gasteiger partial charge is 0.0540 e. The first-order valence-corrected chi connectivity index (χ1v) is 7.29. The summed E-state index contributed by atoms with van der Waals surface area (Å²) >= 11 is 0. The van der Waals surface area contributed by atoms with Crippen molar-refractivity contribution in [2.45, 2.75) is 46.2 Å². The first-order valence-electron chi connectivity index (χ1n) is 7.29. The fraction of sp³-hybridized carbons (Fsp3) is 0.471. The van der Waals surface area contributed by atoms with Crippen LogP contribution < -0.4 is 5.32 Å². The van der Waals surface area contributed by atoms with Crippen LogP contribution in [0.5, 0.6) is 0 Å². The highest BCUT2D eigenvalue weighted by Crippen LogP contribution is 2.18. The molecule has 1 atom stereocenters. The van der Waals surface area contributed by atoms with Gasteiger partial charge in [-0.3, -0.25) is 4.68 Å². The Morgan fingerprint density at radius 2 is 1.80 bits per heavy atom. The SMILES string of the molecule is Cc1c(C(C)NCc2ccc(C(C)C)cc2)cnn1C. The first kappa shape index (κ1) is 14.8. The van der Waals surface area contributed by atoms with E-state index in [4.69, 9.17) is 0 Å². The summed E-state index contributed by atoms with van der Waals surface area (Å²) in [6.45, 7) is 9.62. The summed E-state index contributed by atoms with van der Waals surface area (Å²) in [6, 6.07) is 9.19. The summed E-state index contributed by atoms with van der Waals surface area (Å²) in [5.41, 5.74) is 5.21. The Labute approximate surface area is 122 Å². The van der Waals surface area contributed by atoms with Crippen LogP contribution in [0.15, 0.2) is 30.5 Å². The fourth-order valence-corrected chi connectivity index (χ4v) is 2.34. The van der Waals surface area contributed by atoms with Gasteiger partial charge in [0.2, 0.25) is 0 Å². The van der Waals surface area contributed by atoms with Crippen LogP contribution in [0.25, 0.3) is 0 Å². The lowest BCUT2D eigenvalue weighted by Crippen LogP contribution is -2.18. The zero-order valence-electron chi connectivity index (χ0n) is 13.1. The van der Waals surface area contributed by atoms with Gasteiger partial charge in [0.1, 0.15) is 0 Å². The van der Waals surface area contributed by atoms with Gasteiger partial charge in [-0.05, 0) is 30.9 Å². The number of aromatic nitrogens is 2. The van der Waals surface area contributed by atoms with Crippen LogP contribution in [0, 0.1) is 6.92 Å². The Morgan fingerprint density at radius 3 is 2.30 bits per heavy atom. The number of hydrogen-bond donors (Lipinski definition) is 1. The normalized spacial score (nSPS) is 12.9. The maximum atomic E-state index is 4.30.